The number of likely N-dealkylation sites (N-methyl/N-ethyl adjacent to an activating group) is 1. The SMILES string of the molecule is CN1CCN(c2cc(C(=O)N3CCc4cc(C(C)(C)C)ccc43)ccn2)CC1. The van der Waals surface area contributed by atoms with Gasteiger partial charge in [-0.3, -0.25) is 4.79 Å². The smallest absolute Gasteiger partial charge is 0.258 e. The van der Waals surface area contributed by atoms with Crippen LogP contribution in [0, 0.1) is 0 Å². The number of carbonyl (C=O) groups excluding carboxylic acids is 1. The summed E-state index contributed by atoms with van der Waals surface area (Å²) in [5, 5.41) is 0. The second-order valence-electron chi connectivity index (χ2n) is 8.99. The highest BCUT2D eigenvalue weighted by atomic mass is 16.2. The van der Waals surface area contributed by atoms with Crippen LogP contribution in [-0.4, -0.2) is 55.6 Å². The minimum atomic E-state index is 0.0695. The van der Waals surface area contributed by atoms with Crippen molar-refractivity contribution in [2.24, 2.45) is 0 Å². The Bertz CT molecular complexity index is 878. The topological polar surface area (TPSA) is 39.7 Å². The molecule has 5 nitrogen and oxygen atoms in total. The minimum Gasteiger partial charge on any atom is -0.354 e. The van der Waals surface area contributed by atoms with Crippen LogP contribution in [-0.2, 0) is 11.8 Å². The molecule has 3 heterocycles. The first kappa shape index (κ1) is 18.9. The molecule has 4 rings (SSSR count). The lowest BCUT2D eigenvalue weighted by Gasteiger charge is -2.33. The maximum atomic E-state index is 13.2. The maximum absolute atomic E-state index is 13.2. The summed E-state index contributed by atoms with van der Waals surface area (Å²) >= 11 is 0. The van der Waals surface area contributed by atoms with Gasteiger partial charge < -0.3 is 14.7 Å². The van der Waals surface area contributed by atoms with E-state index in [4.69, 9.17) is 0 Å². The summed E-state index contributed by atoms with van der Waals surface area (Å²) < 4.78 is 0. The molecule has 2 aliphatic rings. The van der Waals surface area contributed by atoms with E-state index in [-0.39, 0.29) is 11.3 Å². The molecular formula is C23H30N4O. The molecule has 1 fully saturated rings. The van der Waals surface area contributed by atoms with Gasteiger partial charge in [-0.15, -0.1) is 0 Å². The molecule has 1 aromatic carbocycles. The molecule has 5 heteroatoms. The molecule has 2 aliphatic heterocycles. The Labute approximate surface area is 168 Å². The highest BCUT2D eigenvalue weighted by Gasteiger charge is 2.28. The Morgan fingerprint density at radius 3 is 2.46 bits per heavy atom. The Kier molecular flexibility index (Phi) is 4.88. The van der Waals surface area contributed by atoms with Gasteiger partial charge in [-0.1, -0.05) is 32.9 Å². The summed E-state index contributed by atoms with van der Waals surface area (Å²) in [5.41, 5.74) is 4.48. The second-order valence-corrected chi connectivity index (χ2v) is 8.99. The molecule has 1 aromatic heterocycles. The average molecular weight is 379 g/mol. The molecule has 0 atom stereocenters. The summed E-state index contributed by atoms with van der Waals surface area (Å²) in [7, 11) is 2.14. The number of anilines is 2. The van der Waals surface area contributed by atoms with Gasteiger partial charge in [0.25, 0.3) is 5.91 Å². The molecular weight excluding hydrogens is 348 g/mol. The van der Waals surface area contributed by atoms with Crippen molar-refractivity contribution in [3.8, 4) is 0 Å². The van der Waals surface area contributed by atoms with Crippen molar-refractivity contribution < 1.29 is 4.79 Å². The van der Waals surface area contributed by atoms with Gasteiger partial charge in [-0.2, -0.15) is 0 Å². The zero-order valence-electron chi connectivity index (χ0n) is 17.4. The van der Waals surface area contributed by atoms with Crippen LogP contribution in [0.3, 0.4) is 0 Å². The highest BCUT2D eigenvalue weighted by molar-refractivity contribution is 6.07. The van der Waals surface area contributed by atoms with E-state index in [2.05, 4.69) is 60.8 Å². The van der Waals surface area contributed by atoms with Crippen LogP contribution >= 0.6 is 0 Å². The second kappa shape index (κ2) is 7.21. The van der Waals surface area contributed by atoms with E-state index >= 15 is 0 Å². The molecule has 0 unspecified atom stereocenters. The Morgan fingerprint density at radius 2 is 1.75 bits per heavy atom. The van der Waals surface area contributed by atoms with Crippen molar-refractivity contribution >= 4 is 17.4 Å². The number of fused-ring (bicyclic) bond motifs is 1. The maximum Gasteiger partial charge on any atom is 0.258 e. The van der Waals surface area contributed by atoms with Crippen molar-refractivity contribution in [2.45, 2.75) is 32.6 Å². The number of rotatable bonds is 2. The van der Waals surface area contributed by atoms with Crippen molar-refractivity contribution in [3.63, 3.8) is 0 Å². The van der Waals surface area contributed by atoms with Crippen LogP contribution in [0.25, 0.3) is 0 Å². The van der Waals surface area contributed by atoms with Crippen LogP contribution in [0.4, 0.5) is 11.5 Å². The molecule has 148 valence electrons. The van der Waals surface area contributed by atoms with Gasteiger partial charge in [-0.25, -0.2) is 4.98 Å². The Morgan fingerprint density at radius 1 is 1.00 bits per heavy atom. The van der Waals surface area contributed by atoms with Crippen LogP contribution in [0.2, 0.25) is 0 Å². The molecule has 0 radical (unpaired) electrons. The monoisotopic (exact) mass is 378 g/mol. The first-order chi connectivity index (χ1) is 13.3. The Hall–Kier alpha value is -2.40. The number of benzene rings is 1. The van der Waals surface area contributed by atoms with Crippen molar-refractivity contribution in [3.05, 3.63) is 53.2 Å². The van der Waals surface area contributed by atoms with Gasteiger partial charge in [0, 0.05) is 50.2 Å². The van der Waals surface area contributed by atoms with Crippen LogP contribution in [0.15, 0.2) is 36.5 Å². The number of hydrogen-bond acceptors (Lipinski definition) is 4. The summed E-state index contributed by atoms with van der Waals surface area (Å²) in [6, 6.07) is 10.3. The minimum absolute atomic E-state index is 0.0695. The van der Waals surface area contributed by atoms with Gasteiger partial charge in [-0.05, 0) is 48.2 Å². The fourth-order valence-electron chi connectivity index (χ4n) is 3.99. The predicted molar refractivity (Wildman–Crippen MR) is 114 cm³/mol. The molecule has 0 aliphatic carbocycles. The van der Waals surface area contributed by atoms with Crippen molar-refractivity contribution in [2.75, 3.05) is 49.6 Å². The first-order valence-electron chi connectivity index (χ1n) is 10.2. The summed E-state index contributed by atoms with van der Waals surface area (Å²) in [6.07, 6.45) is 2.68. The summed E-state index contributed by atoms with van der Waals surface area (Å²) in [6.45, 7) is 11.4. The number of aromatic nitrogens is 1. The van der Waals surface area contributed by atoms with E-state index in [9.17, 15) is 4.79 Å². The van der Waals surface area contributed by atoms with Crippen LogP contribution < -0.4 is 9.80 Å². The van der Waals surface area contributed by atoms with Gasteiger partial charge in [0.2, 0.25) is 0 Å². The zero-order valence-corrected chi connectivity index (χ0v) is 17.4. The fourth-order valence-corrected chi connectivity index (χ4v) is 3.99. The molecule has 28 heavy (non-hydrogen) atoms. The molecule has 0 bridgehead atoms. The van der Waals surface area contributed by atoms with E-state index in [1.165, 1.54) is 11.1 Å². The normalized spacial score (nSPS) is 17.7. The standard InChI is InChI=1S/C23H30N4O/c1-23(2,3)19-5-6-20-17(15-19)8-10-27(20)22(28)18-7-9-24-21(16-18)26-13-11-25(4)12-14-26/h5-7,9,15-16H,8,10-14H2,1-4H3. The molecule has 1 amide bonds. The van der Waals surface area contributed by atoms with E-state index < -0.39 is 0 Å². The molecule has 1 saturated heterocycles. The lowest BCUT2D eigenvalue weighted by Crippen LogP contribution is -2.44. The lowest BCUT2D eigenvalue weighted by molar-refractivity contribution is 0.0989. The van der Waals surface area contributed by atoms with Crippen LogP contribution in [0.1, 0.15) is 42.3 Å². The molecule has 0 saturated carbocycles. The van der Waals surface area contributed by atoms with E-state index in [0.29, 0.717) is 0 Å². The van der Waals surface area contributed by atoms with Gasteiger partial charge in [0.05, 0.1) is 0 Å². The van der Waals surface area contributed by atoms with E-state index in [1.54, 1.807) is 6.20 Å². The van der Waals surface area contributed by atoms with E-state index in [0.717, 1.165) is 56.2 Å². The van der Waals surface area contributed by atoms with Crippen molar-refractivity contribution in [1.82, 2.24) is 9.88 Å². The third-order valence-corrected chi connectivity index (χ3v) is 5.91. The number of pyridine rings is 1. The zero-order chi connectivity index (χ0) is 19.9. The number of nitrogens with zero attached hydrogens (tertiary/aromatic N) is 4. The third kappa shape index (κ3) is 3.63. The summed E-state index contributed by atoms with van der Waals surface area (Å²) in [4.78, 5) is 24.3. The first-order valence-corrected chi connectivity index (χ1v) is 10.2. The molecule has 0 spiro atoms. The fraction of sp³-hybridized carbons (Fsp3) is 0.478. The van der Waals surface area contributed by atoms with Crippen molar-refractivity contribution in [1.29, 1.82) is 0 Å². The lowest BCUT2D eigenvalue weighted by atomic mass is 9.86. The largest absolute Gasteiger partial charge is 0.354 e. The number of amides is 1. The number of piperazine rings is 1. The predicted octanol–water partition coefficient (Wildman–Crippen LogP) is 3.33. The highest BCUT2D eigenvalue weighted by Crippen LogP contribution is 2.34. The average Bonchev–Trinajstić information content (AvgIpc) is 3.10. The van der Waals surface area contributed by atoms with Crippen LogP contribution in [0.5, 0.6) is 0 Å². The van der Waals surface area contributed by atoms with E-state index in [1.807, 2.05) is 17.0 Å². The summed E-state index contributed by atoms with van der Waals surface area (Å²) in [5.74, 6) is 0.974. The Balaban J connectivity index is 1.56. The van der Waals surface area contributed by atoms with Gasteiger partial charge in [0.15, 0.2) is 0 Å². The third-order valence-electron chi connectivity index (χ3n) is 5.91. The van der Waals surface area contributed by atoms with Gasteiger partial charge in [0.1, 0.15) is 5.82 Å². The molecule has 2 aromatic rings. The quantitative estimate of drug-likeness (QED) is 0.804. The number of hydrogen-bond donors (Lipinski definition) is 0. The number of carbonyl (C=O) groups is 1. The molecule has 0 N–H and O–H groups in total. The van der Waals surface area contributed by atoms with Gasteiger partial charge >= 0.3 is 0 Å².